The lowest BCUT2D eigenvalue weighted by Gasteiger charge is -2.26. The fraction of sp³-hybridized carbons (Fsp3) is 0.136. The number of primary amides is 1. The largest absolute Gasteiger partial charge is 0.454 e. The third-order valence-electron chi connectivity index (χ3n) is 5.07. The Bertz CT molecular complexity index is 1160. The fourth-order valence-corrected chi connectivity index (χ4v) is 3.21. The average Bonchev–Trinajstić information content (AvgIpc) is 3.54. The van der Waals surface area contributed by atoms with Crippen molar-refractivity contribution in [1.82, 2.24) is 4.98 Å². The van der Waals surface area contributed by atoms with E-state index in [0.29, 0.717) is 12.8 Å². The van der Waals surface area contributed by atoms with Gasteiger partial charge < -0.3 is 16.2 Å². The van der Waals surface area contributed by atoms with Gasteiger partial charge in [0.15, 0.2) is 11.6 Å². The first-order valence-corrected chi connectivity index (χ1v) is 9.39. The van der Waals surface area contributed by atoms with Gasteiger partial charge in [-0.3, -0.25) is 14.5 Å². The fourth-order valence-electron chi connectivity index (χ4n) is 3.21. The van der Waals surface area contributed by atoms with Crippen molar-refractivity contribution in [3.63, 3.8) is 0 Å². The number of anilines is 3. The first-order chi connectivity index (χ1) is 14.8. The average molecular weight is 424 g/mol. The molecule has 0 bridgehead atoms. The van der Waals surface area contributed by atoms with Crippen LogP contribution in [0.3, 0.4) is 0 Å². The van der Waals surface area contributed by atoms with Crippen LogP contribution in [0.4, 0.5) is 26.0 Å². The van der Waals surface area contributed by atoms with Crippen molar-refractivity contribution in [2.45, 2.75) is 12.8 Å². The predicted molar refractivity (Wildman–Crippen MR) is 110 cm³/mol. The zero-order valence-corrected chi connectivity index (χ0v) is 16.2. The van der Waals surface area contributed by atoms with E-state index in [-0.39, 0.29) is 28.7 Å². The maximum absolute atomic E-state index is 14.8. The Labute approximate surface area is 176 Å². The summed E-state index contributed by atoms with van der Waals surface area (Å²) in [6.07, 6.45) is 2.02. The highest BCUT2D eigenvalue weighted by atomic mass is 19.1. The molecule has 0 atom stereocenters. The van der Waals surface area contributed by atoms with Crippen molar-refractivity contribution < 1.29 is 23.1 Å². The van der Waals surface area contributed by atoms with E-state index in [0.717, 1.165) is 11.0 Å². The standard InChI is InChI=1S/C22H18F2N4O3/c23-13-1-3-14(4-2-13)28(21(30)22(8-9-22)20(26)29)15-5-6-18(17(24)11-15)31-16-7-10-27-19(25)12-16/h1-7,10-12H,8-9H2,(H2,25,27)(H2,26,29). The van der Waals surface area contributed by atoms with E-state index in [1.807, 2.05) is 0 Å². The molecule has 1 heterocycles. The molecule has 4 N–H and O–H groups in total. The van der Waals surface area contributed by atoms with Crippen molar-refractivity contribution in [2.75, 3.05) is 10.6 Å². The van der Waals surface area contributed by atoms with Crippen molar-refractivity contribution in [3.05, 3.63) is 72.4 Å². The van der Waals surface area contributed by atoms with Gasteiger partial charge in [0.25, 0.3) is 0 Å². The molecule has 3 aromatic rings. The monoisotopic (exact) mass is 424 g/mol. The highest BCUT2D eigenvalue weighted by Crippen LogP contribution is 2.49. The van der Waals surface area contributed by atoms with Crippen LogP contribution in [-0.2, 0) is 9.59 Å². The van der Waals surface area contributed by atoms with E-state index in [1.54, 1.807) is 0 Å². The molecule has 0 saturated heterocycles. The van der Waals surface area contributed by atoms with E-state index in [2.05, 4.69) is 4.98 Å². The summed E-state index contributed by atoms with van der Waals surface area (Å²) in [6.45, 7) is 0. The molecule has 0 spiro atoms. The molecule has 2 amide bonds. The number of nitrogen functional groups attached to an aromatic ring is 1. The topological polar surface area (TPSA) is 112 Å². The van der Waals surface area contributed by atoms with Crippen LogP contribution in [0.5, 0.6) is 11.5 Å². The second-order valence-electron chi connectivity index (χ2n) is 7.20. The lowest BCUT2D eigenvalue weighted by molar-refractivity contribution is -0.133. The van der Waals surface area contributed by atoms with Crippen LogP contribution >= 0.6 is 0 Å². The molecule has 1 aromatic heterocycles. The summed E-state index contributed by atoms with van der Waals surface area (Å²) < 4.78 is 33.8. The van der Waals surface area contributed by atoms with Gasteiger partial charge in [0, 0.05) is 24.0 Å². The maximum atomic E-state index is 14.8. The van der Waals surface area contributed by atoms with Crippen LogP contribution < -0.4 is 21.1 Å². The van der Waals surface area contributed by atoms with Gasteiger partial charge >= 0.3 is 0 Å². The molecule has 7 nitrogen and oxygen atoms in total. The molecular formula is C22H18F2N4O3. The number of carbonyl (C=O) groups is 2. The van der Waals surface area contributed by atoms with Crippen molar-refractivity contribution in [3.8, 4) is 11.5 Å². The highest BCUT2D eigenvalue weighted by Gasteiger charge is 2.57. The number of amides is 2. The zero-order valence-electron chi connectivity index (χ0n) is 16.2. The van der Waals surface area contributed by atoms with E-state index >= 15 is 0 Å². The number of halogens is 2. The van der Waals surface area contributed by atoms with Crippen LogP contribution in [0.15, 0.2) is 60.8 Å². The Kier molecular flexibility index (Phi) is 5.02. The first kappa shape index (κ1) is 20.3. The number of nitrogens with two attached hydrogens (primary N) is 2. The maximum Gasteiger partial charge on any atom is 0.247 e. The minimum atomic E-state index is -1.35. The number of aromatic nitrogens is 1. The van der Waals surface area contributed by atoms with Crippen LogP contribution in [0.25, 0.3) is 0 Å². The molecule has 1 aliphatic rings. The third kappa shape index (κ3) is 3.89. The van der Waals surface area contributed by atoms with Crippen molar-refractivity contribution in [1.29, 1.82) is 0 Å². The summed E-state index contributed by atoms with van der Waals surface area (Å²) in [5, 5.41) is 0. The summed E-state index contributed by atoms with van der Waals surface area (Å²) in [6, 6.07) is 11.9. The van der Waals surface area contributed by atoms with Gasteiger partial charge in [-0.25, -0.2) is 13.8 Å². The van der Waals surface area contributed by atoms with Gasteiger partial charge in [-0.2, -0.15) is 0 Å². The van der Waals surface area contributed by atoms with Crippen LogP contribution in [-0.4, -0.2) is 16.8 Å². The zero-order chi connectivity index (χ0) is 22.2. The van der Waals surface area contributed by atoms with Gasteiger partial charge in [0.05, 0.1) is 5.69 Å². The minimum Gasteiger partial charge on any atom is -0.454 e. The van der Waals surface area contributed by atoms with Crippen molar-refractivity contribution in [2.24, 2.45) is 11.1 Å². The Morgan fingerprint density at radius 1 is 1.00 bits per heavy atom. The van der Waals surface area contributed by atoms with Gasteiger partial charge in [0.1, 0.15) is 22.8 Å². The Balaban J connectivity index is 1.71. The molecular weight excluding hydrogens is 406 g/mol. The number of carbonyl (C=O) groups excluding carboxylic acids is 2. The Morgan fingerprint density at radius 2 is 1.68 bits per heavy atom. The molecule has 9 heteroatoms. The highest BCUT2D eigenvalue weighted by molar-refractivity contribution is 6.16. The second-order valence-corrected chi connectivity index (χ2v) is 7.20. The summed E-state index contributed by atoms with van der Waals surface area (Å²) >= 11 is 0. The van der Waals surface area contributed by atoms with Crippen LogP contribution in [0.2, 0.25) is 0 Å². The summed E-state index contributed by atoms with van der Waals surface area (Å²) in [7, 11) is 0. The van der Waals surface area contributed by atoms with Gasteiger partial charge in [-0.1, -0.05) is 0 Å². The number of pyridine rings is 1. The van der Waals surface area contributed by atoms with E-state index in [4.69, 9.17) is 16.2 Å². The summed E-state index contributed by atoms with van der Waals surface area (Å²) in [5.41, 5.74) is 10.1. The molecule has 2 aromatic carbocycles. The van der Waals surface area contributed by atoms with Crippen LogP contribution in [0, 0.1) is 17.0 Å². The molecule has 0 aliphatic heterocycles. The molecule has 1 aliphatic carbocycles. The number of rotatable bonds is 6. The van der Waals surface area contributed by atoms with Crippen LogP contribution in [0.1, 0.15) is 12.8 Å². The second kappa shape index (κ2) is 7.67. The summed E-state index contributed by atoms with van der Waals surface area (Å²) in [4.78, 5) is 30.1. The lowest BCUT2D eigenvalue weighted by Crippen LogP contribution is -2.41. The molecule has 1 fully saturated rings. The Morgan fingerprint density at radius 3 is 2.26 bits per heavy atom. The number of nitrogens with zero attached hydrogens (tertiary/aromatic N) is 2. The van der Waals surface area contributed by atoms with E-state index in [1.165, 1.54) is 54.7 Å². The van der Waals surface area contributed by atoms with Gasteiger partial charge in [0.2, 0.25) is 11.8 Å². The van der Waals surface area contributed by atoms with Gasteiger partial charge in [-0.15, -0.1) is 0 Å². The first-order valence-electron chi connectivity index (χ1n) is 9.39. The molecule has 158 valence electrons. The number of hydrogen-bond acceptors (Lipinski definition) is 5. The smallest absolute Gasteiger partial charge is 0.247 e. The normalized spacial score (nSPS) is 14.0. The lowest BCUT2D eigenvalue weighted by atomic mass is 10.0. The molecule has 31 heavy (non-hydrogen) atoms. The van der Waals surface area contributed by atoms with E-state index in [9.17, 15) is 18.4 Å². The number of hydrogen-bond donors (Lipinski definition) is 2. The van der Waals surface area contributed by atoms with Gasteiger partial charge in [-0.05, 0) is 55.3 Å². The number of ether oxygens (including phenoxy) is 1. The third-order valence-corrected chi connectivity index (χ3v) is 5.07. The predicted octanol–water partition coefficient (Wildman–Crippen LogP) is 3.66. The molecule has 0 radical (unpaired) electrons. The quantitative estimate of drug-likeness (QED) is 0.587. The SMILES string of the molecule is NC(=O)C1(C(=O)N(c2ccc(F)cc2)c2ccc(Oc3ccnc(N)c3)c(F)c2)CC1. The number of benzene rings is 2. The van der Waals surface area contributed by atoms with Crippen molar-refractivity contribution >= 4 is 29.0 Å². The Hall–Kier alpha value is -4.01. The minimum absolute atomic E-state index is 0.100. The van der Waals surface area contributed by atoms with E-state index < -0.39 is 28.9 Å². The molecule has 1 saturated carbocycles. The molecule has 0 unspecified atom stereocenters. The molecule has 4 rings (SSSR count). The summed E-state index contributed by atoms with van der Waals surface area (Å²) in [5.74, 6) is -2.20.